The van der Waals surface area contributed by atoms with Gasteiger partial charge in [-0.05, 0) is 29.5 Å². The van der Waals surface area contributed by atoms with E-state index in [1.807, 2.05) is 30.3 Å². The lowest BCUT2D eigenvalue weighted by molar-refractivity contribution is -0.117. The van der Waals surface area contributed by atoms with Crippen molar-refractivity contribution < 1.29 is 13.2 Å². The van der Waals surface area contributed by atoms with Crippen LogP contribution in [0.4, 0.5) is 5.69 Å². The Morgan fingerprint density at radius 2 is 1.95 bits per heavy atom. The summed E-state index contributed by atoms with van der Waals surface area (Å²) < 4.78 is 27.1. The Balaban J connectivity index is 1.63. The quantitative estimate of drug-likeness (QED) is 0.909. The highest BCUT2D eigenvalue weighted by molar-refractivity contribution is 7.91. The number of amides is 1. The topological polar surface area (TPSA) is 66.5 Å². The third-order valence-corrected chi connectivity index (χ3v) is 6.42. The molecule has 5 nitrogen and oxygen atoms in total. The van der Waals surface area contributed by atoms with E-state index in [9.17, 15) is 13.2 Å². The molecule has 1 unspecified atom stereocenters. The van der Waals surface area contributed by atoms with Crippen LogP contribution < -0.4 is 9.62 Å². The Hall–Kier alpha value is -1.70. The Bertz CT molecular complexity index is 742. The number of benzene rings is 1. The van der Waals surface area contributed by atoms with Gasteiger partial charge in [0.2, 0.25) is 15.9 Å². The van der Waals surface area contributed by atoms with Crippen LogP contribution in [0.5, 0.6) is 0 Å². The average molecular weight is 336 g/mol. The Morgan fingerprint density at radius 1 is 1.18 bits per heavy atom. The van der Waals surface area contributed by atoms with Crippen molar-refractivity contribution in [1.82, 2.24) is 4.72 Å². The fraction of sp³-hybridized carbons (Fsp3) is 0.267. The Kier molecular flexibility index (Phi) is 4.28. The van der Waals surface area contributed by atoms with Crippen LogP contribution in [0.2, 0.25) is 0 Å². The van der Waals surface area contributed by atoms with Crippen molar-refractivity contribution in [3.63, 3.8) is 0 Å². The number of sulfonamides is 1. The molecule has 0 bridgehead atoms. The summed E-state index contributed by atoms with van der Waals surface area (Å²) in [6.45, 7) is 0.811. The van der Waals surface area contributed by atoms with E-state index in [4.69, 9.17) is 0 Å². The molecule has 1 aromatic carbocycles. The van der Waals surface area contributed by atoms with E-state index in [-0.39, 0.29) is 18.4 Å². The smallest absolute Gasteiger partial charge is 0.250 e. The van der Waals surface area contributed by atoms with Gasteiger partial charge in [-0.15, -0.1) is 11.3 Å². The van der Waals surface area contributed by atoms with E-state index in [1.54, 1.807) is 22.4 Å². The number of rotatable bonds is 5. The highest BCUT2D eigenvalue weighted by Crippen LogP contribution is 2.25. The average Bonchev–Trinajstić information content (AvgIpc) is 3.16. The monoisotopic (exact) mass is 336 g/mol. The van der Waals surface area contributed by atoms with Crippen molar-refractivity contribution in [3.05, 3.63) is 47.8 Å². The van der Waals surface area contributed by atoms with Gasteiger partial charge in [-0.25, -0.2) is 13.1 Å². The largest absolute Gasteiger partial charge is 0.312 e. The van der Waals surface area contributed by atoms with Crippen LogP contribution in [0.3, 0.4) is 0 Å². The predicted octanol–water partition coefficient (Wildman–Crippen LogP) is 2.08. The zero-order chi connectivity index (χ0) is 15.6. The standard InChI is InChI=1S/C15H16N2O3S2/c18-14-9-12(11-17(14)13-5-2-1-3-6-13)10-16-22(19,20)15-7-4-8-21-15/h1-8,12,16H,9-11H2. The SMILES string of the molecule is O=C1CC(CNS(=O)(=O)c2cccs2)CN1c1ccccc1. The maximum atomic E-state index is 12.1. The molecule has 1 N–H and O–H groups in total. The molecule has 1 aliphatic rings. The molecular formula is C15H16N2O3S2. The van der Waals surface area contributed by atoms with Gasteiger partial charge in [-0.2, -0.15) is 0 Å². The third-order valence-electron chi connectivity index (χ3n) is 3.59. The van der Waals surface area contributed by atoms with Crippen molar-refractivity contribution in [1.29, 1.82) is 0 Å². The van der Waals surface area contributed by atoms with Crippen LogP contribution in [0, 0.1) is 5.92 Å². The number of hydrogen-bond acceptors (Lipinski definition) is 4. The number of nitrogens with one attached hydrogen (secondary N) is 1. The molecule has 7 heteroatoms. The van der Waals surface area contributed by atoms with Crippen LogP contribution in [-0.2, 0) is 14.8 Å². The summed E-state index contributed by atoms with van der Waals surface area (Å²) >= 11 is 1.18. The van der Waals surface area contributed by atoms with E-state index >= 15 is 0 Å². The number of nitrogens with zero attached hydrogens (tertiary/aromatic N) is 1. The van der Waals surface area contributed by atoms with Gasteiger partial charge in [0.1, 0.15) is 4.21 Å². The zero-order valence-corrected chi connectivity index (χ0v) is 13.4. The molecule has 1 aliphatic heterocycles. The van der Waals surface area contributed by atoms with Gasteiger partial charge in [-0.3, -0.25) is 4.79 Å². The van der Waals surface area contributed by atoms with E-state index in [0.29, 0.717) is 17.2 Å². The van der Waals surface area contributed by atoms with Crippen molar-refractivity contribution in [2.45, 2.75) is 10.6 Å². The van der Waals surface area contributed by atoms with Gasteiger partial charge < -0.3 is 4.90 Å². The van der Waals surface area contributed by atoms with E-state index in [2.05, 4.69) is 4.72 Å². The molecule has 1 fully saturated rings. The zero-order valence-electron chi connectivity index (χ0n) is 11.8. The molecule has 1 atom stereocenters. The van der Waals surface area contributed by atoms with Gasteiger partial charge in [0.15, 0.2) is 0 Å². The number of thiophene rings is 1. The number of hydrogen-bond donors (Lipinski definition) is 1. The van der Waals surface area contributed by atoms with Crippen molar-refractivity contribution in [3.8, 4) is 0 Å². The van der Waals surface area contributed by atoms with Gasteiger partial charge >= 0.3 is 0 Å². The van der Waals surface area contributed by atoms with Crippen molar-refractivity contribution >= 4 is 33.0 Å². The molecule has 22 heavy (non-hydrogen) atoms. The molecule has 1 amide bonds. The second kappa shape index (κ2) is 6.20. The van der Waals surface area contributed by atoms with Crippen molar-refractivity contribution in [2.24, 2.45) is 5.92 Å². The summed E-state index contributed by atoms with van der Waals surface area (Å²) in [6, 6.07) is 12.7. The maximum absolute atomic E-state index is 12.1. The molecule has 1 saturated heterocycles. The van der Waals surface area contributed by atoms with Gasteiger partial charge in [0.05, 0.1) is 0 Å². The first-order valence-corrected chi connectivity index (χ1v) is 9.31. The maximum Gasteiger partial charge on any atom is 0.250 e. The first-order chi connectivity index (χ1) is 10.6. The van der Waals surface area contributed by atoms with Crippen molar-refractivity contribution in [2.75, 3.05) is 18.0 Å². The first kappa shape index (κ1) is 15.2. The van der Waals surface area contributed by atoms with Crippen LogP contribution in [0.25, 0.3) is 0 Å². The second-order valence-electron chi connectivity index (χ2n) is 5.19. The fourth-order valence-electron chi connectivity index (χ4n) is 2.49. The summed E-state index contributed by atoms with van der Waals surface area (Å²) in [5, 5.41) is 1.73. The van der Waals surface area contributed by atoms with Crippen LogP contribution >= 0.6 is 11.3 Å². The molecule has 0 radical (unpaired) electrons. The fourth-order valence-corrected chi connectivity index (χ4v) is 4.64. The molecule has 0 aliphatic carbocycles. The number of carbonyl (C=O) groups is 1. The summed E-state index contributed by atoms with van der Waals surface area (Å²) in [6.07, 6.45) is 0.363. The lowest BCUT2D eigenvalue weighted by Gasteiger charge is -2.16. The predicted molar refractivity (Wildman–Crippen MR) is 86.4 cm³/mol. The third kappa shape index (κ3) is 3.21. The number of anilines is 1. The second-order valence-corrected chi connectivity index (χ2v) is 8.14. The van der Waals surface area contributed by atoms with Crippen LogP contribution in [0.15, 0.2) is 52.1 Å². The summed E-state index contributed by atoms with van der Waals surface area (Å²) in [5.74, 6) is 0.0222. The van der Waals surface area contributed by atoms with E-state index < -0.39 is 10.0 Å². The first-order valence-electron chi connectivity index (χ1n) is 6.95. The molecule has 2 heterocycles. The molecule has 1 aromatic heterocycles. The van der Waals surface area contributed by atoms with Crippen LogP contribution in [0.1, 0.15) is 6.42 Å². The van der Waals surface area contributed by atoms with Crippen LogP contribution in [-0.4, -0.2) is 27.4 Å². The number of carbonyl (C=O) groups excluding carboxylic acids is 1. The minimum atomic E-state index is -3.47. The summed E-state index contributed by atoms with van der Waals surface area (Å²) in [5.41, 5.74) is 0.858. The minimum Gasteiger partial charge on any atom is -0.312 e. The summed E-state index contributed by atoms with van der Waals surface area (Å²) in [7, 11) is -3.47. The lowest BCUT2D eigenvalue weighted by Crippen LogP contribution is -2.31. The molecular weight excluding hydrogens is 320 g/mol. The summed E-state index contributed by atoms with van der Waals surface area (Å²) in [4.78, 5) is 13.8. The van der Waals surface area contributed by atoms with E-state index in [0.717, 1.165) is 5.69 Å². The molecule has 0 spiro atoms. The van der Waals surface area contributed by atoms with Gasteiger partial charge in [0.25, 0.3) is 0 Å². The normalized spacial score (nSPS) is 18.8. The highest BCUT2D eigenvalue weighted by Gasteiger charge is 2.31. The Labute approximate surface area is 133 Å². The van der Waals surface area contributed by atoms with Gasteiger partial charge in [-0.1, -0.05) is 24.3 Å². The van der Waals surface area contributed by atoms with E-state index in [1.165, 1.54) is 11.3 Å². The molecule has 116 valence electrons. The van der Waals surface area contributed by atoms with Gasteiger partial charge in [0, 0.05) is 25.2 Å². The minimum absolute atomic E-state index is 0.0116. The number of para-hydroxylation sites is 1. The highest BCUT2D eigenvalue weighted by atomic mass is 32.2. The molecule has 3 rings (SSSR count). The lowest BCUT2D eigenvalue weighted by atomic mass is 10.1. The molecule has 2 aromatic rings. The molecule has 0 saturated carbocycles. The Morgan fingerprint density at radius 3 is 2.64 bits per heavy atom.